The predicted molar refractivity (Wildman–Crippen MR) is 73.5 cm³/mol. The fraction of sp³-hybridized carbons (Fsp3) is 0.0833. The number of nitrogens with zero attached hydrogens (tertiary/aromatic N) is 4. The summed E-state index contributed by atoms with van der Waals surface area (Å²) in [4.78, 5) is 12.7. The van der Waals surface area contributed by atoms with Gasteiger partial charge < -0.3 is 0 Å². The van der Waals surface area contributed by atoms with E-state index in [1.165, 1.54) is 6.33 Å². The first-order valence-corrected chi connectivity index (χ1v) is 6.89. The third kappa shape index (κ3) is 1.76. The highest BCUT2D eigenvalue weighted by atomic mass is 35.5. The number of imidazole rings is 1. The highest BCUT2D eigenvalue weighted by Crippen LogP contribution is 2.28. The van der Waals surface area contributed by atoms with E-state index in [4.69, 9.17) is 11.6 Å². The lowest BCUT2D eigenvalue weighted by Gasteiger charge is -2.07. The molecule has 6 heteroatoms. The number of para-hydroxylation sites is 2. The van der Waals surface area contributed by atoms with Crippen molar-refractivity contribution in [3.63, 3.8) is 0 Å². The summed E-state index contributed by atoms with van der Waals surface area (Å²) in [6.07, 6.45) is 5.05. The van der Waals surface area contributed by atoms with Gasteiger partial charge in [0.1, 0.15) is 11.3 Å². The minimum Gasteiger partial charge on any atom is -0.270 e. The van der Waals surface area contributed by atoms with Gasteiger partial charge in [-0.1, -0.05) is 35.5 Å². The highest BCUT2D eigenvalue weighted by Gasteiger charge is 2.14. The average Bonchev–Trinajstić information content (AvgIpc) is 2.78. The Balaban J connectivity index is 2.37. The molecule has 0 saturated carbocycles. The molecule has 0 aliphatic carbocycles. The van der Waals surface area contributed by atoms with Gasteiger partial charge in [-0.3, -0.25) is 4.57 Å². The average molecular weight is 277 g/mol. The molecule has 2 aromatic heterocycles. The van der Waals surface area contributed by atoms with Crippen molar-refractivity contribution >= 4 is 34.4 Å². The summed E-state index contributed by atoms with van der Waals surface area (Å²) < 4.78 is 1.95. The van der Waals surface area contributed by atoms with Crippen LogP contribution in [0.5, 0.6) is 0 Å². The summed E-state index contributed by atoms with van der Waals surface area (Å²) in [5, 5.41) is 1.37. The maximum atomic E-state index is 6.16. The van der Waals surface area contributed by atoms with Gasteiger partial charge in [0, 0.05) is 0 Å². The largest absolute Gasteiger partial charge is 0.270 e. The molecule has 90 valence electrons. The SMILES string of the molecule is CSc1nc2ccccc2n1-c1ncncc1Cl. The van der Waals surface area contributed by atoms with Crippen molar-refractivity contribution < 1.29 is 0 Å². The lowest BCUT2D eigenvalue weighted by atomic mass is 10.3. The van der Waals surface area contributed by atoms with Crippen LogP contribution < -0.4 is 0 Å². The van der Waals surface area contributed by atoms with E-state index in [1.807, 2.05) is 35.1 Å². The van der Waals surface area contributed by atoms with Gasteiger partial charge in [0.15, 0.2) is 11.0 Å². The second kappa shape index (κ2) is 4.59. The number of benzene rings is 1. The van der Waals surface area contributed by atoms with E-state index in [2.05, 4.69) is 15.0 Å². The van der Waals surface area contributed by atoms with E-state index in [9.17, 15) is 0 Å². The molecule has 0 saturated heterocycles. The smallest absolute Gasteiger partial charge is 0.174 e. The molecule has 0 radical (unpaired) electrons. The zero-order valence-corrected chi connectivity index (χ0v) is 11.1. The lowest BCUT2D eigenvalue weighted by Crippen LogP contribution is -2.00. The fourth-order valence-corrected chi connectivity index (χ4v) is 2.56. The topological polar surface area (TPSA) is 43.6 Å². The molecule has 0 N–H and O–H groups in total. The molecule has 3 aromatic rings. The van der Waals surface area contributed by atoms with E-state index < -0.39 is 0 Å². The Morgan fingerprint density at radius 2 is 2.11 bits per heavy atom. The number of hydrogen-bond donors (Lipinski definition) is 0. The Labute approximate surface area is 113 Å². The van der Waals surface area contributed by atoms with Crippen molar-refractivity contribution in [2.45, 2.75) is 5.16 Å². The van der Waals surface area contributed by atoms with Crippen LogP contribution >= 0.6 is 23.4 Å². The Morgan fingerprint density at radius 1 is 1.28 bits per heavy atom. The minimum atomic E-state index is 0.510. The van der Waals surface area contributed by atoms with Gasteiger partial charge in [-0.15, -0.1) is 0 Å². The van der Waals surface area contributed by atoms with Crippen LogP contribution in [0.1, 0.15) is 0 Å². The van der Waals surface area contributed by atoms with Gasteiger partial charge in [0.25, 0.3) is 0 Å². The second-order valence-corrected chi connectivity index (χ2v) is 4.80. The van der Waals surface area contributed by atoms with Crippen molar-refractivity contribution in [2.24, 2.45) is 0 Å². The normalized spacial score (nSPS) is 11.0. The molecular formula is C12H9ClN4S. The summed E-state index contributed by atoms with van der Waals surface area (Å²) in [6.45, 7) is 0. The molecule has 0 bridgehead atoms. The van der Waals surface area contributed by atoms with E-state index >= 15 is 0 Å². The van der Waals surface area contributed by atoms with Gasteiger partial charge >= 0.3 is 0 Å². The third-order valence-corrected chi connectivity index (χ3v) is 3.48. The van der Waals surface area contributed by atoms with Gasteiger partial charge in [-0.2, -0.15) is 0 Å². The molecule has 0 atom stereocenters. The quantitative estimate of drug-likeness (QED) is 0.674. The molecule has 0 unspecified atom stereocenters. The monoisotopic (exact) mass is 276 g/mol. The molecular weight excluding hydrogens is 268 g/mol. The third-order valence-electron chi connectivity index (χ3n) is 2.57. The predicted octanol–water partition coefficient (Wildman–Crippen LogP) is 3.19. The summed E-state index contributed by atoms with van der Waals surface area (Å²) in [6, 6.07) is 7.91. The number of aromatic nitrogens is 4. The lowest BCUT2D eigenvalue weighted by molar-refractivity contribution is 0.880. The molecule has 0 amide bonds. The zero-order valence-electron chi connectivity index (χ0n) is 9.54. The van der Waals surface area contributed by atoms with E-state index in [1.54, 1.807) is 18.0 Å². The Morgan fingerprint density at radius 3 is 2.89 bits per heavy atom. The molecule has 0 fully saturated rings. The van der Waals surface area contributed by atoms with Gasteiger partial charge in [0.2, 0.25) is 0 Å². The highest BCUT2D eigenvalue weighted by molar-refractivity contribution is 7.98. The maximum Gasteiger partial charge on any atom is 0.174 e. The summed E-state index contributed by atoms with van der Waals surface area (Å²) in [5.41, 5.74) is 1.92. The molecule has 3 rings (SSSR count). The van der Waals surface area contributed by atoms with E-state index in [0.29, 0.717) is 10.8 Å². The van der Waals surface area contributed by atoms with E-state index in [-0.39, 0.29) is 0 Å². The van der Waals surface area contributed by atoms with Crippen molar-refractivity contribution in [3.05, 3.63) is 41.8 Å². The van der Waals surface area contributed by atoms with Crippen LogP contribution in [0.2, 0.25) is 5.02 Å². The zero-order chi connectivity index (χ0) is 12.5. The molecule has 1 aromatic carbocycles. The number of fused-ring (bicyclic) bond motifs is 1. The Bertz CT molecular complexity index is 710. The van der Waals surface area contributed by atoms with Crippen LogP contribution in [0.25, 0.3) is 16.9 Å². The van der Waals surface area contributed by atoms with Crippen LogP contribution in [0.15, 0.2) is 41.9 Å². The first kappa shape index (κ1) is 11.5. The van der Waals surface area contributed by atoms with Crippen molar-refractivity contribution in [3.8, 4) is 5.82 Å². The number of thioether (sulfide) groups is 1. The molecule has 0 aliphatic rings. The number of halogens is 1. The first-order chi connectivity index (χ1) is 8.81. The first-order valence-electron chi connectivity index (χ1n) is 5.28. The van der Waals surface area contributed by atoms with E-state index in [0.717, 1.165) is 16.2 Å². The minimum absolute atomic E-state index is 0.510. The van der Waals surface area contributed by atoms with Gasteiger partial charge in [-0.05, 0) is 18.4 Å². The van der Waals surface area contributed by atoms with Crippen LogP contribution in [0, 0.1) is 0 Å². The van der Waals surface area contributed by atoms with Crippen LogP contribution in [0.3, 0.4) is 0 Å². The fourth-order valence-electron chi connectivity index (χ4n) is 1.82. The number of hydrogen-bond acceptors (Lipinski definition) is 4. The van der Waals surface area contributed by atoms with Crippen LogP contribution in [-0.4, -0.2) is 25.8 Å². The van der Waals surface area contributed by atoms with Crippen LogP contribution in [-0.2, 0) is 0 Å². The molecule has 0 spiro atoms. The van der Waals surface area contributed by atoms with Crippen LogP contribution in [0.4, 0.5) is 0 Å². The van der Waals surface area contributed by atoms with Gasteiger partial charge in [-0.25, -0.2) is 15.0 Å². The maximum absolute atomic E-state index is 6.16. The number of rotatable bonds is 2. The second-order valence-electron chi connectivity index (χ2n) is 3.62. The van der Waals surface area contributed by atoms with Crippen molar-refractivity contribution in [1.82, 2.24) is 19.5 Å². The summed E-state index contributed by atoms with van der Waals surface area (Å²) in [7, 11) is 0. The Hall–Kier alpha value is -1.59. The van der Waals surface area contributed by atoms with Gasteiger partial charge in [0.05, 0.1) is 17.2 Å². The summed E-state index contributed by atoms with van der Waals surface area (Å²) in [5.74, 6) is 0.657. The molecule has 0 aliphatic heterocycles. The van der Waals surface area contributed by atoms with Crippen molar-refractivity contribution in [2.75, 3.05) is 6.26 Å². The molecule has 2 heterocycles. The molecule has 4 nitrogen and oxygen atoms in total. The summed E-state index contributed by atoms with van der Waals surface area (Å²) >= 11 is 7.72. The standard InChI is InChI=1S/C12H9ClN4S/c1-18-12-16-9-4-2-3-5-10(9)17(12)11-8(13)6-14-7-15-11/h2-7H,1H3. The Kier molecular flexibility index (Phi) is 2.93. The molecule has 18 heavy (non-hydrogen) atoms. The van der Waals surface area contributed by atoms with Crippen molar-refractivity contribution in [1.29, 1.82) is 0 Å².